The predicted octanol–water partition coefficient (Wildman–Crippen LogP) is 5.05. The number of nitrogens with one attached hydrogen (secondary N) is 1. The summed E-state index contributed by atoms with van der Waals surface area (Å²) in [5, 5.41) is 13.0. The monoisotopic (exact) mass is 441 g/mol. The summed E-state index contributed by atoms with van der Waals surface area (Å²) < 4.78 is 1.89. The van der Waals surface area contributed by atoms with Gasteiger partial charge in [0.2, 0.25) is 5.91 Å². The van der Waals surface area contributed by atoms with Crippen LogP contribution in [0.2, 0.25) is 15.2 Å². The zero-order valence-electron chi connectivity index (χ0n) is 14.1. The molecule has 0 fully saturated rings. The minimum absolute atomic E-state index is 0.151. The van der Waals surface area contributed by atoms with E-state index in [4.69, 9.17) is 34.8 Å². The Morgan fingerprint density at radius 3 is 2.74 bits per heavy atom. The molecule has 0 aliphatic heterocycles. The predicted molar refractivity (Wildman–Crippen MR) is 110 cm³/mol. The number of halogens is 3. The van der Waals surface area contributed by atoms with Crippen LogP contribution in [0.15, 0.2) is 41.7 Å². The third-order valence-electron chi connectivity index (χ3n) is 3.57. The molecular formula is C17H14Cl3N5OS. The van der Waals surface area contributed by atoms with Gasteiger partial charge in [0.25, 0.3) is 0 Å². The van der Waals surface area contributed by atoms with Gasteiger partial charge >= 0.3 is 0 Å². The highest BCUT2D eigenvalue weighted by Crippen LogP contribution is 2.31. The largest absolute Gasteiger partial charge is 0.323 e. The molecule has 0 saturated heterocycles. The van der Waals surface area contributed by atoms with Crippen LogP contribution in [-0.4, -0.2) is 31.4 Å². The van der Waals surface area contributed by atoms with Crippen molar-refractivity contribution >= 4 is 58.2 Å². The fourth-order valence-corrected chi connectivity index (χ4v) is 3.81. The van der Waals surface area contributed by atoms with Crippen molar-refractivity contribution in [2.45, 2.75) is 18.6 Å². The summed E-state index contributed by atoms with van der Waals surface area (Å²) in [5.74, 6) is 0.557. The molecule has 0 unspecified atom stereocenters. The van der Waals surface area contributed by atoms with Gasteiger partial charge in [0.05, 0.1) is 16.5 Å². The molecule has 1 aromatic carbocycles. The van der Waals surface area contributed by atoms with Gasteiger partial charge in [0.1, 0.15) is 0 Å². The highest BCUT2D eigenvalue weighted by atomic mass is 35.5. The average molecular weight is 443 g/mol. The molecule has 2 heterocycles. The van der Waals surface area contributed by atoms with E-state index in [1.165, 1.54) is 11.8 Å². The number of carbonyl (C=O) groups excluding carboxylic acids is 1. The first-order valence-corrected chi connectivity index (χ1v) is 10.0. The average Bonchev–Trinajstić information content (AvgIpc) is 3.04. The number of hydrogen-bond acceptors (Lipinski definition) is 5. The molecule has 0 aliphatic carbocycles. The van der Waals surface area contributed by atoms with E-state index in [-0.39, 0.29) is 16.8 Å². The van der Waals surface area contributed by atoms with E-state index in [0.29, 0.717) is 33.3 Å². The van der Waals surface area contributed by atoms with Crippen LogP contribution in [0.25, 0.3) is 11.4 Å². The van der Waals surface area contributed by atoms with E-state index in [0.717, 1.165) is 5.56 Å². The summed E-state index contributed by atoms with van der Waals surface area (Å²) in [6, 6.07) is 8.59. The van der Waals surface area contributed by atoms with E-state index in [9.17, 15) is 4.79 Å². The molecule has 27 heavy (non-hydrogen) atoms. The lowest BCUT2D eigenvalue weighted by molar-refractivity contribution is -0.113. The van der Waals surface area contributed by atoms with Crippen LogP contribution in [0.1, 0.15) is 6.92 Å². The second-order valence-electron chi connectivity index (χ2n) is 5.35. The lowest BCUT2D eigenvalue weighted by atomic mass is 10.2. The van der Waals surface area contributed by atoms with Crippen LogP contribution < -0.4 is 5.32 Å². The highest BCUT2D eigenvalue weighted by molar-refractivity contribution is 7.99. The maximum atomic E-state index is 12.2. The Hall–Kier alpha value is -1.80. The molecule has 140 valence electrons. The number of thioether (sulfide) groups is 1. The smallest absolute Gasteiger partial charge is 0.234 e. The minimum Gasteiger partial charge on any atom is -0.323 e. The van der Waals surface area contributed by atoms with E-state index in [1.807, 2.05) is 11.5 Å². The van der Waals surface area contributed by atoms with Crippen molar-refractivity contribution in [3.8, 4) is 11.4 Å². The molecule has 0 atom stereocenters. The van der Waals surface area contributed by atoms with Crippen molar-refractivity contribution in [3.63, 3.8) is 0 Å². The molecule has 10 heteroatoms. The molecule has 0 radical (unpaired) electrons. The van der Waals surface area contributed by atoms with Gasteiger partial charge in [-0.25, -0.2) is 4.98 Å². The van der Waals surface area contributed by atoms with Gasteiger partial charge < -0.3 is 9.88 Å². The normalized spacial score (nSPS) is 10.8. The lowest BCUT2D eigenvalue weighted by Crippen LogP contribution is -2.15. The van der Waals surface area contributed by atoms with Crippen molar-refractivity contribution in [1.29, 1.82) is 0 Å². The van der Waals surface area contributed by atoms with Crippen molar-refractivity contribution in [2.24, 2.45) is 0 Å². The zero-order chi connectivity index (χ0) is 19.4. The fourth-order valence-electron chi connectivity index (χ4n) is 2.35. The van der Waals surface area contributed by atoms with Gasteiger partial charge in [0, 0.05) is 23.3 Å². The highest BCUT2D eigenvalue weighted by Gasteiger charge is 2.17. The summed E-state index contributed by atoms with van der Waals surface area (Å²) in [6.07, 6.45) is 1.56. The SMILES string of the molecule is CCn1c(SCC(=O)Nc2cccnc2Cl)nnc1-c1ccc(Cl)cc1Cl. The molecule has 0 spiro atoms. The molecule has 0 saturated carbocycles. The molecule has 0 aliphatic rings. The van der Waals surface area contributed by atoms with Crippen LogP contribution in [0.4, 0.5) is 5.69 Å². The number of pyridine rings is 1. The Kier molecular flexibility index (Phi) is 6.59. The summed E-state index contributed by atoms with van der Waals surface area (Å²) >= 11 is 19.5. The number of nitrogens with zero attached hydrogens (tertiary/aromatic N) is 4. The maximum absolute atomic E-state index is 12.2. The van der Waals surface area contributed by atoms with E-state index in [2.05, 4.69) is 20.5 Å². The van der Waals surface area contributed by atoms with Crippen molar-refractivity contribution in [3.05, 3.63) is 51.7 Å². The van der Waals surface area contributed by atoms with Gasteiger partial charge in [-0.2, -0.15) is 0 Å². The number of aromatic nitrogens is 4. The molecule has 1 N–H and O–H groups in total. The first-order chi connectivity index (χ1) is 13.0. The lowest BCUT2D eigenvalue weighted by Gasteiger charge is -2.09. The molecule has 3 rings (SSSR count). The first-order valence-electron chi connectivity index (χ1n) is 7.91. The number of benzene rings is 1. The molecular weight excluding hydrogens is 429 g/mol. The van der Waals surface area contributed by atoms with Crippen LogP contribution >= 0.6 is 46.6 Å². The van der Waals surface area contributed by atoms with E-state index < -0.39 is 0 Å². The molecule has 0 bridgehead atoms. The fraction of sp³-hybridized carbons (Fsp3) is 0.176. The Morgan fingerprint density at radius 1 is 1.22 bits per heavy atom. The number of hydrogen-bond donors (Lipinski definition) is 1. The second-order valence-corrected chi connectivity index (χ2v) is 7.50. The van der Waals surface area contributed by atoms with Crippen LogP contribution in [0, 0.1) is 0 Å². The summed E-state index contributed by atoms with van der Waals surface area (Å²) in [7, 11) is 0. The number of anilines is 1. The van der Waals surface area contributed by atoms with Crippen LogP contribution in [0.3, 0.4) is 0 Å². The molecule has 2 aromatic heterocycles. The zero-order valence-corrected chi connectivity index (χ0v) is 17.2. The third kappa shape index (κ3) is 4.73. The van der Waals surface area contributed by atoms with Crippen molar-refractivity contribution in [1.82, 2.24) is 19.7 Å². The van der Waals surface area contributed by atoms with Crippen molar-refractivity contribution in [2.75, 3.05) is 11.1 Å². The number of amides is 1. The van der Waals surface area contributed by atoms with Gasteiger partial charge in [-0.05, 0) is 37.3 Å². The minimum atomic E-state index is -0.216. The molecule has 6 nitrogen and oxygen atoms in total. The molecule has 1 amide bonds. The van der Waals surface area contributed by atoms with E-state index in [1.54, 1.807) is 36.5 Å². The number of carbonyl (C=O) groups is 1. The third-order valence-corrected chi connectivity index (χ3v) is 5.39. The van der Waals surface area contributed by atoms with Crippen LogP contribution in [-0.2, 0) is 11.3 Å². The Bertz CT molecular complexity index is 979. The molecule has 3 aromatic rings. The van der Waals surface area contributed by atoms with Gasteiger partial charge in [-0.3, -0.25) is 4.79 Å². The Labute approximate surface area is 175 Å². The van der Waals surface area contributed by atoms with Gasteiger partial charge in [-0.15, -0.1) is 10.2 Å². The standard InChI is InChI=1S/C17H14Cl3N5OS/c1-2-25-16(11-6-5-10(18)8-12(11)19)23-24-17(25)27-9-14(26)22-13-4-3-7-21-15(13)20/h3-8H,2,9H2,1H3,(H,22,26). The maximum Gasteiger partial charge on any atom is 0.234 e. The summed E-state index contributed by atoms with van der Waals surface area (Å²) in [6.45, 7) is 2.59. The number of rotatable bonds is 6. The van der Waals surface area contributed by atoms with Gasteiger partial charge in [-0.1, -0.05) is 46.6 Å². The van der Waals surface area contributed by atoms with Crippen molar-refractivity contribution < 1.29 is 4.79 Å². The summed E-state index contributed by atoms with van der Waals surface area (Å²) in [5.41, 5.74) is 1.20. The Morgan fingerprint density at radius 2 is 2.04 bits per heavy atom. The van der Waals surface area contributed by atoms with Gasteiger partial charge in [0.15, 0.2) is 16.1 Å². The van der Waals surface area contributed by atoms with Crippen LogP contribution in [0.5, 0.6) is 0 Å². The topological polar surface area (TPSA) is 72.7 Å². The second kappa shape index (κ2) is 8.93. The first kappa shape index (κ1) is 19.9. The summed E-state index contributed by atoms with van der Waals surface area (Å²) in [4.78, 5) is 16.1. The quantitative estimate of drug-likeness (QED) is 0.427. The Balaban J connectivity index is 1.73. The van der Waals surface area contributed by atoms with E-state index >= 15 is 0 Å².